The molecule has 236 valence electrons. The van der Waals surface area contributed by atoms with Crippen molar-refractivity contribution >= 4 is 38.9 Å². The summed E-state index contributed by atoms with van der Waals surface area (Å²) in [6.45, 7) is 0. The Bertz CT molecular complexity index is 2530. The molecular formula is C48H34N2. The lowest BCUT2D eigenvalue weighted by molar-refractivity contribution is 1.18. The van der Waals surface area contributed by atoms with Crippen LogP contribution in [0.3, 0.4) is 0 Å². The van der Waals surface area contributed by atoms with Gasteiger partial charge in [0.25, 0.3) is 0 Å². The highest BCUT2D eigenvalue weighted by Gasteiger charge is 2.15. The number of hydrogen-bond acceptors (Lipinski definition) is 1. The first-order chi connectivity index (χ1) is 24.8. The first-order valence-corrected chi connectivity index (χ1v) is 17.1. The topological polar surface area (TPSA) is 8.17 Å². The third-order valence-corrected chi connectivity index (χ3v) is 9.57. The summed E-state index contributed by atoms with van der Waals surface area (Å²) in [5.41, 5.74) is 14.2. The molecule has 8 aromatic carbocycles. The number of rotatable bonds is 7. The van der Waals surface area contributed by atoms with Gasteiger partial charge in [-0.25, -0.2) is 0 Å². The normalized spacial score (nSPS) is 11.2. The molecule has 0 saturated heterocycles. The van der Waals surface area contributed by atoms with Gasteiger partial charge in [0.1, 0.15) is 0 Å². The minimum Gasteiger partial charge on any atom is -0.310 e. The molecule has 0 radical (unpaired) electrons. The average molecular weight is 639 g/mol. The van der Waals surface area contributed by atoms with Crippen molar-refractivity contribution in [3.05, 3.63) is 206 Å². The van der Waals surface area contributed by atoms with E-state index in [1.807, 2.05) is 0 Å². The number of anilines is 3. The second-order valence-electron chi connectivity index (χ2n) is 12.6. The number of para-hydroxylation sites is 3. The van der Waals surface area contributed by atoms with Gasteiger partial charge in [-0.1, -0.05) is 133 Å². The summed E-state index contributed by atoms with van der Waals surface area (Å²) >= 11 is 0. The molecule has 2 nitrogen and oxygen atoms in total. The van der Waals surface area contributed by atoms with E-state index in [0.29, 0.717) is 0 Å². The molecule has 9 aromatic rings. The molecule has 0 saturated carbocycles. The van der Waals surface area contributed by atoms with Gasteiger partial charge in [-0.3, -0.25) is 0 Å². The van der Waals surface area contributed by atoms with E-state index >= 15 is 0 Å². The van der Waals surface area contributed by atoms with Crippen LogP contribution in [0.5, 0.6) is 0 Å². The molecule has 0 atom stereocenters. The Labute approximate surface area is 292 Å². The summed E-state index contributed by atoms with van der Waals surface area (Å²) in [4.78, 5) is 2.31. The largest absolute Gasteiger partial charge is 0.310 e. The van der Waals surface area contributed by atoms with Gasteiger partial charge < -0.3 is 9.47 Å². The van der Waals surface area contributed by atoms with Crippen LogP contribution < -0.4 is 4.90 Å². The van der Waals surface area contributed by atoms with E-state index in [9.17, 15) is 0 Å². The Kier molecular flexibility index (Phi) is 7.53. The zero-order valence-corrected chi connectivity index (χ0v) is 27.5. The summed E-state index contributed by atoms with van der Waals surface area (Å²) in [6.07, 6.45) is 0. The van der Waals surface area contributed by atoms with E-state index in [2.05, 4.69) is 216 Å². The number of aromatic nitrogens is 1. The highest BCUT2D eigenvalue weighted by Crippen LogP contribution is 2.38. The first-order valence-electron chi connectivity index (χ1n) is 17.1. The summed E-state index contributed by atoms with van der Waals surface area (Å²) in [5.74, 6) is 0. The van der Waals surface area contributed by atoms with E-state index in [1.165, 1.54) is 55.2 Å². The Morgan fingerprint density at radius 3 is 1.42 bits per heavy atom. The third-order valence-electron chi connectivity index (χ3n) is 9.57. The van der Waals surface area contributed by atoms with Crippen LogP contribution in [0.4, 0.5) is 17.1 Å². The highest BCUT2D eigenvalue weighted by atomic mass is 15.1. The summed E-state index contributed by atoms with van der Waals surface area (Å²) in [5, 5.41) is 2.50. The molecule has 0 spiro atoms. The minimum absolute atomic E-state index is 1.12. The molecule has 0 aliphatic heterocycles. The van der Waals surface area contributed by atoms with Gasteiger partial charge in [-0.2, -0.15) is 0 Å². The predicted octanol–water partition coefficient (Wildman–Crippen LogP) is 13.3. The van der Waals surface area contributed by atoms with Gasteiger partial charge in [-0.05, 0) is 106 Å². The van der Waals surface area contributed by atoms with Gasteiger partial charge in [-0.15, -0.1) is 0 Å². The van der Waals surface area contributed by atoms with Crippen LogP contribution in [0.15, 0.2) is 206 Å². The quantitative estimate of drug-likeness (QED) is 0.169. The van der Waals surface area contributed by atoms with Gasteiger partial charge in [0.05, 0.1) is 11.0 Å². The zero-order chi connectivity index (χ0) is 33.3. The van der Waals surface area contributed by atoms with Crippen LogP contribution in [0.2, 0.25) is 0 Å². The monoisotopic (exact) mass is 638 g/mol. The summed E-state index contributed by atoms with van der Waals surface area (Å²) in [7, 11) is 0. The Hall–Kier alpha value is -6.64. The second-order valence-corrected chi connectivity index (χ2v) is 12.6. The van der Waals surface area contributed by atoms with Crippen molar-refractivity contribution < 1.29 is 0 Å². The van der Waals surface area contributed by atoms with Crippen molar-refractivity contribution in [2.75, 3.05) is 4.90 Å². The van der Waals surface area contributed by atoms with Crippen molar-refractivity contribution in [2.24, 2.45) is 0 Å². The van der Waals surface area contributed by atoms with Gasteiger partial charge in [0.2, 0.25) is 0 Å². The molecule has 0 amide bonds. The smallest absolute Gasteiger partial charge is 0.0541 e. The van der Waals surface area contributed by atoms with Gasteiger partial charge >= 0.3 is 0 Å². The zero-order valence-electron chi connectivity index (χ0n) is 27.5. The molecule has 1 heterocycles. The minimum atomic E-state index is 1.12. The number of nitrogens with zero attached hydrogens (tertiary/aromatic N) is 2. The standard InChI is InChI=1S/C48H34N2/c1-4-14-35(15-5-1)36-26-29-43(30-27-36)50-47-25-11-10-24-45(47)46-34-40(28-31-48(46)50)38-17-12-16-37(32-38)39-18-13-23-44(33-39)49(41-19-6-2-7-20-41)42-21-8-3-9-22-42/h1-34H. The maximum absolute atomic E-state index is 2.39. The van der Waals surface area contributed by atoms with Gasteiger partial charge in [0.15, 0.2) is 0 Å². The fourth-order valence-electron chi connectivity index (χ4n) is 7.17. The van der Waals surface area contributed by atoms with Crippen LogP contribution in [-0.2, 0) is 0 Å². The first kappa shape index (κ1) is 29.5. The number of fused-ring (bicyclic) bond motifs is 3. The fraction of sp³-hybridized carbons (Fsp3) is 0. The van der Waals surface area contributed by atoms with Crippen molar-refractivity contribution in [1.29, 1.82) is 0 Å². The fourth-order valence-corrected chi connectivity index (χ4v) is 7.17. The molecule has 0 fully saturated rings. The highest BCUT2D eigenvalue weighted by molar-refractivity contribution is 6.10. The van der Waals surface area contributed by atoms with E-state index in [4.69, 9.17) is 0 Å². The van der Waals surface area contributed by atoms with Crippen LogP contribution in [0.25, 0.3) is 60.9 Å². The third kappa shape index (κ3) is 5.43. The van der Waals surface area contributed by atoms with Crippen LogP contribution in [0, 0.1) is 0 Å². The van der Waals surface area contributed by atoms with Crippen molar-refractivity contribution in [3.63, 3.8) is 0 Å². The Morgan fingerprint density at radius 1 is 0.280 bits per heavy atom. The van der Waals surface area contributed by atoms with Crippen molar-refractivity contribution in [2.45, 2.75) is 0 Å². The molecule has 0 unspecified atom stereocenters. The van der Waals surface area contributed by atoms with Gasteiger partial charge in [0, 0.05) is 33.5 Å². The molecule has 0 aliphatic rings. The number of benzene rings is 8. The van der Waals surface area contributed by atoms with E-state index < -0.39 is 0 Å². The van der Waals surface area contributed by atoms with Crippen LogP contribution >= 0.6 is 0 Å². The van der Waals surface area contributed by atoms with E-state index in [-0.39, 0.29) is 0 Å². The average Bonchev–Trinajstić information content (AvgIpc) is 3.53. The maximum atomic E-state index is 2.39. The van der Waals surface area contributed by atoms with Crippen LogP contribution in [0.1, 0.15) is 0 Å². The molecular weight excluding hydrogens is 605 g/mol. The lowest BCUT2D eigenvalue weighted by Crippen LogP contribution is -2.09. The molecule has 0 aliphatic carbocycles. The molecule has 9 rings (SSSR count). The molecule has 2 heteroatoms. The maximum Gasteiger partial charge on any atom is 0.0541 e. The SMILES string of the molecule is c1ccc(-c2ccc(-n3c4ccccc4c4cc(-c5cccc(-c6cccc(N(c7ccccc7)c7ccccc7)c6)c5)ccc43)cc2)cc1. The summed E-state index contributed by atoms with van der Waals surface area (Å²) in [6, 6.07) is 74.0. The van der Waals surface area contributed by atoms with Crippen LogP contribution in [-0.4, -0.2) is 4.57 Å². The lowest BCUT2D eigenvalue weighted by atomic mass is 9.97. The molecule has 50 heavy (non-hydrogen) atoms. The Balaban J connectivity index is 1.10. The van der Waals surface area contributed by atoms with Crippen molar-refractivity contribution in [3.8, 4) is 39.1 Å². The molecule has 0 bridgehead atoms. The van der Waals surface area contributed by atoms with E-state index in [1.54, 1.807) is 0 Å². The lowest BCUT2D eigenvalue weighted by Gasteiger charge is -2.26. The van der Waals surface area contributed by atoms with Crippen molar-refractivity contribution in [1.82, 2.24) is 4.57 Å². The number of hydrogen-bond donors (Lipinski definition) is 0. The summed E-state index contributed by atoms with van der Waals surface area (Å²) < 4.78 is 2.39. The second kappa shape index (κ2) is 12.8. The predicted molar refractivity (Wildman–Crippen MR) is 212 cm³/mol. The molecule has 1 aromatic heterocycles. The Morgan fingerprint density at radius 2 is 0.740 bits per heavy atom. The molecule has 0 N–H and O–H groups in total. The van der Waals surface area contributed by atoms with E-state index in [0.717, 1.165) is 22.7 Å².